The highest BCUT2D eigenvalue weighted by Gasteiger charge is 2.51. The second kappa shape index (κ2) is 13.5. The van der Waals surface area contributed by atoms with Gasteiger partial charge in [0.05, 0.1) is 54.5 Å². The zero-order chi connectivity index (χ0) is 36.0. The molecule has 0 aromatic carbocycles. The molecule has 0 radical (unpaired) electrons. The number of anilines is 1. The topological polar surface area (TPSA) is 191 Å². The maximum absolute atomic E-state index is 13.9. The summed E-state index contributed by atoms with van der Waals surface area (Å²) < 4.78 is 50.0. The standard InChI is InChI=1S/C32H36BClFN9O5S/c1-30(2,50(46)41-14-19-13-38-23-10-9-18(17-44(19)23)33-48-31(3,4)32(5,6)49-33)12-20-15-40-29(47-20)24-26(34)42-25(27(36)43-24)28(45)39-16-22-21(35)8-7-11-37-22/h7-11,13,15,17,41H,12,14,16H2,1-6H3,(H2,36,43)(H,39,45). The third-order valence-electron chi connectivity index (χ3n) is 8.72. The molecular weight excluding hydrogens is 688 g/mol. The van der Waals surface area contributed by atoms with Crippen molar-refractivity contribution in [2.45, 2.75) is 77.0 Å². The van der Waals surface area contributed by atoms with E-state index in [1.807, 2.05) is 64.3 Å². The summed E-state index contributed by atoms with van der Waals surface area (Å²) in [7, 11) is -0.531. The van der Waals surface area contributed by atoms with Crippen LogP contribution in [0.1, 0.15) is 69.2 Å². The number of aromatic nitrogens is 6. The largest absolute Gasteiger partial charge is 0.598 e. The van der Waals surface area contributed by atoms with Crippen molar-refractivity contribution in [1.29, 1.82) is 0 Å². The number of halogens is 2. The summed E-state index contributed by atoms with van der Waals surface area (Å²) in [5.41, 5.74) is 7.28. The Kier molecular flexibility index (Phi) is 9.67. The molecule has 6 heterocycles. The van der Waals surface area contributed by atoms with Crippen LogP contribution in [0.3, 0.4) is 0 Å². The molecule has 0 aliphatic carbocycles. The van der Waals surface area contributed by atoms with Crippen molar-refractivity contribution in [3.63, 3.8) is 0 Å². The molecule has 1 amide bonds. The van der Waals surface area contributed by atoms with Crippen molar-refractivity contribution < 1.29 is 27.5 Å². The van der Waals surface area contributed by atoms with Crippen LogP contribution in [0.4, 0.5) is 10.2 Å². The fraction of sp³-hybridized carbons (Fsp3) is 0.375. The van der Waals surface area contributed by atoms with E-state index in [2.05, 4.69) is 35.0 Å². The number of fused-ring (bicyclic) bond motifs is 1. The van der Waals surface area contributed by atoms with Crippen LogP contribution < -0.4 is 21.2 Å². The number of hydrogen-bond acceptors (Lipinski definition) is 12. The minimum Gasteiger partial charge on any atom is -0.598 e. The smallest absolute Gasteiger partial charge is 0.496 e. The minimum atomic E-state index is -1.53. The van der Waals surface area contributed by atoms with Gasteiger partial charge in [-0.15, -0.1) is 4.72 Å². The molecule has 4 N–H and O–H groups in total. The van der Waals surface area contributed by atoms with Gasteiger partial charge in [-0.2, -0.15) is 0 Å². The van der Waals surface area contributed by atoms with Gasteiger partial charge in [0.25, 0.3) is 5.91 Å². The number of nitrogens with zero attached hydrogens (tertiary/aromatic N) is 6. The van der Waals surface area contributed by atoms with Crippen LogP contribution in [-0.4, -0.2) is 62.8 Å². The zero-order valence-electron chi connectivity index (χ0n) is 28.3. The molecule has 1 unspecified atom stereocenters. The van der Waals surface area contributed by atoms with E-state index < -0.39 is 46.2 Å². The highest BCUT2D eigenvalue weighted by Crippen LogP contribution is 2.36. The van der Waals surface area contributed by atoms with Gasteiger partial charge in [-0.05, 0) is 65.2 Å². The second-order valence-electron chi connectivity index (χ2n) is 13.4. The van der Waals surface area contributed by atoms with Crippen LogP contribution in [0.25, 0.3) is 17.2 Å². The van der Waals surface area contributed by atoms with Crippen molar-refractivity contribution in [3.05, 3.63) is 82.9 Å². The molecule has 0 spiro atoms. The van der Waals surface area contributed by atoms with E-state index in [1.165, 1.54) is 24.5 Å². The molecule has 1 fully saturated rings. The van der Waals surface area contributed by atoms with E-state index in [4.69, 9.17) is 31.1 Å². The van der Waals surface area contributed by atoms with E-state index in [1.54, 1.807) is 6.20 Å². The lowest BCUT2D eigenvalue weighted by Crippen LogP contribution is -2.43. The first-order valence-corrected chi connectivity index (χ1v) is 17.2. The van der Waals surface area contributed by atoms with E-state index in [0.717, 1.165) is 16.8 Å². The van der Waals surface area contributed by atoms with Crippen molar-refractivity contribution in [2.75, 3.05) is 5.73 Å². The third-order valence-corrected chi connectivity index (χ3v) is 10.5. The Hall–Kier alpha value is -4.13. The molecule has 18 heteroatoms. The Labute approximate surface area is 296 Å². The minimum absolute atomic E-state index is 0.0183. The van der Waals surface area contributed by atoms with Gasteiger partial charge in [-0.1, -0.05) is 17.7 Å². The molecule has 1 saturated heterocycles. The molecular formula is C32H36BClFN9O5S. The first kappa shape index (κ1) is 35.7. The molecule has 1 atom stereocenters. The van der Waals surface area contributed by atoms with Crippen LogP contribution in [0.15, 0.2) is 53.5 Å². The molecule has 1 aliphatic heterocycles. The number of pyridine rings is 2. The lowest BCUT2D eigenvalue weighted by Gasteiger charge is -2.32. The molecule has 5 aromatic rings. The molecule has 1 aliphatic rings. The average molecular weight is 724 g/mol. The number of imidazole rings is 1. The SMILES string of the molecule is CC(C)(Cc1cnc(-c2nc(N)c(C(=O)NCc3ncccc3F)nc2Cl)o1)[S+]([O-])NCc1cnc2ccc(B3OC(C)(C)C(C)(C)O3)cn12. The predicted molar refractivity (Wildman–Crippen MR) is 186 cm³/mol. The van der Waals surface area contributed by atoms with Crippen LogP contribution >= 0.6 is 11.6 Å². The van der Waals surface area contributed by atoms with Gasteiger partial charge in [-0.25, -0.2) is 24.3 Å². The summed E-state index contributed by atoms with van der Waals surface area (Å²) in [4.78, 5) is 33.6. The number of carbonyl (C=O) groups is 1. The first-order chi connectivity index (χ1) is 23.5. The molecule has 6 rings (SSSR count). The summed E-state index contributed by atoms with van der Waals surface area (Å²) in [6.45, 7) is 11.8. The number of carbonyl (C=O) groups excluding carboxylic acids is 1. The van der Waals surface area contributed by atoms with Crippen molar-refractivity contribution in [3.8, 4) is 11.6 Å². The predicted octanol–water partition coefficient (Wildman–Crippen LogP) is 3.55. The zero-order valence-corrected chi connectivity index (χ0v) is 29.9. The monoisotopic (exact) mass is 723 g/mol. The average Bonchev–Trinajstić information content (AvgIpc) is 3.74. The molecule has 262 valence electrons. The Morgan fingerprint density at radius 1 is 1.10 bits per heavy atom. The van der Waals surface area contributed by atoms with E-state index in [9.17, 15) is 13.7 Å². The summed E-state index contributed by atoms with van der Waals surface area (Å²) in [6, 6.07) is 6.50. The molecule has 5 aromatic heterocycles. The van der Waals surface area contributed by atoms with Gasteiger partial charge in [0.1, 0.15) is 22.0 Å². The first-order valence-electron chi connectivity index (χ1n) is 15.7. The Balaban J connectivity index is 1.09. The van der Waals surface area contributed by atoms with Crippen LogP contribution in [0.2, 0.25) is 5.15 Å². The van der Waals surface area contributed by atoms with Crippen molar-refractivity contribution >= 4 is 52.9 Å². The van der Waals surface area contributed by atoms with E-state index >= 15 is 0 Å². The number of nitrogens with two attached hydrogens (primary N) is 1. The summed E-state index contributed by atoms with van der Waals surface area (Å²) in [5, 5.41) is 2.32. The Morgan fingerprint density at radius 3 is 2.56 bits per heavy atom. The number of nitrogens with one attached hydrogen (secondary N) is 2. The fourth-order valence-electron chi connectivity index (χ4n) is 5.14. The third kappa shape index (κ3) is 7.20. The van der Waals surface area contributed by atoms with Gasteiger partial charge in [0.15, 0.2) is 22.4 Å². The summed E-state index contributed by atoms with van der Waals surface area (Å²) in [5.74, 6) is -1.08. The quantitative estimate of drug-likeness (QED) is 0.133. The number of oxazole rings is 1. The Bertz CT molecular complexity index is 2040. The lowest BCUT2D eigenvalue weighted by molar-refractivity contribution is 0.00578. The van der Waals surface area contributed by atoms with Crippen LogP contribution in [0, 0.1) is 5.82 Å². The van der Waals surface area contributed by atoms with Gasteiger partial charge in [0, 0.05) is 23.8 Å². The van der Waals surface area contributed by atoms with Crippen molar-refractivity contribution in [2.24, 2.45) is 0 Å². The van der Waals surface area contributed by atoms with E-state index in [0.29, 0.717) is 5.76 Å². The lowest BCUT2D eigenvalue weighted by atomic mass is 9.80. The van der Waals surface area contributed by atoms with Crippen LogP contribution in [-0.2, 0) is 40.2 Å². The maximum atomic E-state index is 13.9. The number of nitrogen functional groups attached to an aromatic ring is 1. The van der Waals surface area contributed by atoms with Gasteiger partial charge in [-0.3, -0.25) is 9.78 Å². The highest BCUT2D eigenvalue weighted by atomic mass is 35.5. The Morgan fingerprint density at radius 2 is 1.84 bits per heavy atom. The van der Waals surface area contributed by atoms with Gasteiger partial charge >= 0.3 is 7.12 Å². The summed E-state index contributed by atoms with van der Waals surface area (Å²) >= 11 is 4.83. The number of hydrogen-bond donors (Lipinski definition) is 3. The van der Waals surface area contributed by atoms with Gasteiger partial charge < -0.3 is 33.7 Å². The number of rotatable bonds is 11. The molecule has 14 nitrogen and oxygen atoms in total. The van der Waals surface area contributed by atoms with E-state index in [-0.39, 0.29) is 53.5 Å². The maximum Gasteiger partial charge on any atom is 0.496 e. The molecule has 50 heavy (non-hydrogen) atoms. The van der Waals surface area contributed by atoms with Crippen molar-refractivity contribution in [1.82, 2.24) is 39.4 Å². The molecule has 0 bridgehead atoms. The van der Waals surface area contributed by atoms with Crippen LogP contribution in [0.5, 0.6) is 0 Å². The fourth-order valence-corrected chi connectivity index (χ4v) is 6.29. The highest BCUT2D eigenvalue weighted by molar-refractivity contribution is 7.90. The van der Waals surface area contributed by atoms with Gasteiger partial charge in [0.2, 0.25) is 5.89 Å². The number of amides is 1. The second-order valence-corrected chi connectivity index (χ2v) is 15.7. The summed E-state index contributed by atoms with van der Waals surface area (Å²) in [6.07, 6.45) is 6.78. The molecule has 0 saturated carbocycles. The normalized spacial score (nSPS) is 16.2.